The van der Waals surface area contributed by atoms with E-state index in [0.717, 1.165) is 23.3 Å². The maximum atomic E-state index is 12.7. The molecule has 6 nitrogen and oxygen atoms in total. The fourth-order valence-corrected chi connectivity index (χ4v) is 4.88. The second kappa shape index (κ2) is 7.75. The molecule has 28 heavy (non-hydrogen) atoms. The van der Waals surface area contributed by atoms with Gasteiger partial charge in [0.2, 0.25) is 0 Å². The van der Waals surface area contributed by atoms with Gasteiger partial charge in [0.1, 0.15) is 11.6 Å². The predicted molar refractivity (Wildman–Crippen MR) is 107 cm³/mol. The summed E-state index contributed by atoms with van der Waals surface area (Å²) in [5, 5.41) is 12.9. The Morgan fingerprint density at radius 2 is 2.04 bits per heavy atom. The van der Waals surface area contributed by atoms with E-state index in [1.54, 1.807) is 24.3 Å². The standard InChI is InChI=1S/C21H23NO5S/c1-12(23)27-11-13-5-4-6-14(9-13)18(24)22-19-17(20(25)26)15-7-8-21(2,3)10-16(15)28-19/h4-6,9H,7-8,10-11H2,1-3H3,(H,22,24)(H,25,26). The largest absolute Gasteiger partial charge is 0.478 e. The first-order valence-electron chi connectivity index (χ1n) is 9.08. The lowest BCUT2D eigenvalue weighted by Gasteiger charge is -2.29. The first-order valence-corrected chi connectivity index (χ1v) is 9.89. The zero-order valence-corrected chi connectivity index (χ0v) is 16.9. The number of hydrogen-bond acceptors (Lipinski definition) is 5. The SMILES string of the molecule is CC(=O)OCc1cccc(C(=O)Nc2sc3c(c2C(=O)O)CCC(C)(C)C3)c1. The van der Waals surface area contributed by atoms with Crippen LogP contribution in [0, 0.1) is 5.41 Å². The molecule has 2 aromatic rings. The maximum absolute atomic E-state index is 12.7. The van der Waals surface area contributed by atoms with Crippen LogP contribution in [-0.2, 0) is 29.0 Å². The van der Waals surface area contributed by atoms with E-state index < -0.39 is 11.9 Å². The zero-order chi connectivity index (χ0) is 20.5. The number of carboxylic acids is 1. The van der Waals surface area contributed by atoms with Crippen LogP contribution in [0.5, 0.6) is 0 Å². The normalized spacial score (nSPS) is 14.8. The van der Waals surface area contributed by atoms with Crippen LogP contribution in [0.4, 0.5) is 5.00 Å². The Labute approximate surface area is 167 Å². The number of rotatable bonds is 5. The predicted octanol–water partition coefficient (Wildman–Crippen LogP) is 4.28. The van der Waals surface area contributed by atoms with Crippen LogP contribution in [0.15, 0.2) is 24.3 Å². The summed E-state index contributed by atoms with van der Waals surface area (Å²) in [7, 11) is 0. The highest BCUT2D eigenvalue weighted by atomic mass is 32.1. The number of ether oxygens (including phenoxy) is 1. The molecule has 0 unspecified atom stereocenters. The Kier molecular flexibility index (Phi) is 5.56. The Morgan fingerprint density at radius 1 is 1.29 bits per heavy atom. The highest BCUT2D eigenvalue weighted by Crippen LogP contribution is 2.43. The number of thiophene rings is 1. The zero-order valence-electron chi connectivity index (χ0n) is 16.1. The highest BCUT2D eigenvalue weighted by molar-refractivity contribution is 7.17. The van der Waals surface area contributed by atoms with Gasteiger partial charge in [0.25, 0.3) is 5.91 Å². The van der Waals surface area contributed by atoms with E-state index in [0.29, 0.717) is 22.5 Å². The number of amides is 1. The van der Waals surface area contributed by atoms with Crippen molar-refractivity contribution < 1.29 is 24.2 Å². The summed E-state index contributed by atoms with van der Waals surface area (Å²) in [4.78, 5) is 36.6. The van der Waals surface area contributed by atoms with Crippen LogP contribution in [0.2, 0.25) is 0 Å². The van der Waals surface area contributed by atoms with Crippen LogP contribution in [0.3, 0.4) is 0 Å². The minimum absolute atomic E-state index is 0.0825. The lowest BCUT2D eigenvalue weighted by Crippen LogP contribution is -2.22. The van der Waals surface area contributed by atoms with Crippen LogP contribution in [-0.4, -0.2) is 23.0 Å². The van der Waals surface area contributed by atoms with E-state index >= 15 is 0 Å². The minimum Gasteiger partial charge on any atom is -0.478 e. The van der Waals surface area contributed by atoms with E-state index in [1.807, 2.05) is 0 Å². The van der Waals surface area contributed by atoms with Crippen molar-refractivity contribution in [2.75, 3.05) is 5.32 Å². The van der Waals surface area contributed by atoms with Crippen molar-refractivity contribution in [1.82, 2.24) is 0 Å². The molecule has 0 saturated heterocycles. The van der Waals surface area contributed by atoms with E-state index in [1.165, 1.54) is 18.3 Å². The molecule has 1 heterocycles. The highest BCUT2D eigenvalue weighted by Gasteiger charge is 2.32. The summed E-state index contributed by atoms with van der Waals surface area (Å²) in [5.41, 5.74) is 2.25. The molecule has 0 bridgehead atoms. The van der Waals surface area contributed by atoms with Gasteiger partial charge >= 0.3 is 11.9 Å². The second-order valence-corrected chi connectivity index (χ2v) is 8.89. The van der Waals surface area contributed by atoms with Gasteiger partial charge in [-0.25, -0.2) is 4.79 Å². The number of carbonyl (C=O) groups is 3. The van der Waals surface area contributed by atoms with Crippen molar-refractivity contribution in [3.8, 4) is 0 Å². The minimum atomic E-state index is -1.02. The molecule has 2 N–H and O–H groups in total. The summed E-state index contributed by atoms with van der Waals surface area (Å²) >= 11 is 1.35. The Balaban J connectivity index is 1.85. The number of benzene rings is 1. The molecule has 1 aromatic carbocycles. The Bertz CT molecular complexity index is 944. The van der Waals surface area contributed by atoms with Gasteiger partial charge in [-0.1, -0.05) is 26.0 Å². The third-order valence-electron chi connectivity index (χ3n) is 4.85. The van der Waals surface area contributed by atoms with Crippen molar-refractivity contribution in [1.29, 1.82) is 0 Å². The average molecular weight is 401 g/mol. The van der Waals surface area contributed by atoms with Crippen molar-refractivity contribution >= 4 is 34.2 Å². The third kappa shape index (κ3) is 4.42. The van der Waals surface area contributed by atoms with Crippen LogP contribution >= 0.6 is 11.3 Å². The summed E-state index contributed by atoms with van der Waals surface area (Å²) in [5.74, 6) is -1.80. The fourth-order valence-electron chi connectivity index (χ4n) is 3.38. The number of hydrogen-bond donors (Lipinski definition) is 2. The molecule has 1 aliphatic carbocycles. The number of esters is 1. The van der Waals surface area contributed by atoms with Crippen LogP contribution in [0.25, 0.3) is 0 Å². The molecule has 0 aliphatic heterocycles. The first kappa shape index (κ1) is 20.1. The van der Waals surface area contributed by atoms with Crippen molar-refractivity contribution in [3.63, 3.8) is 0 Å². The van der Waals surface area contributed by atoms with E-state index in [2.05, 4.69) is 19.2 Å². The summed E-state index contributed by atoms with van der Waals surface area (Å²) in [6.07, 6.45) is 2.43. The van der Waals surface area contributed by atoms with Gasteiger partial charge in [-0.15, -0.1) is 11.3 Å². The van der Waals surface area contributed by atoms with E-state index in [9.17, 15) is 19.5 Å². The van der Waals surface area contributed by atoms with Crippen LogP contribution < -0.4 is 5.32 Å². The number of aromatic carboxylic acids is 1. The molecule has 0 saturated carbocycles. The average Bonchev–Trinajstić information content (AvgIpc) is 2.96. The Morgan fingerprint density at radius 3 is 2.71 bits per heavy atom. The topological polar surface area (TPSA) is 92.7 Å². The fraction of sp³-hybridized carbons (Fsp3) is 0.381. The second-order valence-electron chi connectivity index (χ2n) is 7.79. The smallest absolute Gasteiger partial charge is 0.339 e. The van der Waals surface area contributed by atoms with Gasteiger partial charge in [0.05, 0.1) is 5.56 Å². The third-order valence-corrected chi connectivity index (χ3v) is 6.00. The number of carboxylic acid groups (broad SMARTS) is 1. The summed E-state index contributed by atoms with van der Waals surface area (Å²) < 4.78 is 4.96. The van der Waals surface area contributed by atoms with Gasteiger partial charge in [-0.05, 0) is 47.9 Å². The van der Waals surface area contributed by atoms with Crippen molar-refractivity contribution in [3.05, 3.63) is 51.4 Å². The molecular weight excluding hydrogens is 378 g/mol. The molecule has 7 heteroatoms. The molecule has 3 rings (SSSR count). The number of carbonyl (C=O) groups excluding carboxylic acids is 2. The lowest BCUT2D eigenvalue weighted by atomic mass is 9.77. The Hall–Kier alpha value is -2.67. The van der Waals surface area contributed by atoms with Crippen molar-refractivity contribution in [2.24, 2.45) is 5.41 Å². The van der Waals surface area contributed by atoms with Gasteiger partial charge in [0.15, 0.2) is 0 Å². The molecule has 1 aliphatic rings. The monoisotopic (exact) mass is 401 g/mol. The summed E-state index contributed by atoms with van der Waals surface area (Å²) in [6.45, 7) is 5.75. The van der Waals surface area contributed by atoms with Crippen LogP contribution in [0.1, 0.15) is 63.9 Å². The van der Waals surface area contributed by atoms with Crippen molar-refractivity contribution in [2.45, 2.75) is 46.6 Å². The van der Waals surface area contributed by atoms with E-state index in [4.69, 9.17) is 4.74 Å². The van der Waals surface area contributed by atoms with E-state index in [-0.39, 0.29) is 23.5 Å². The van der Waals surface area contributed by atoms with Gasteiger partial charge in [-0.3, -0.25) is 9.59 Å². The van der Waals surface area contributed by atoms with Gasteiger partial charge in [-0.2, -0.15) is 0 Å². The number of nitrogens with one attached hydrogen (secondary N) is 1. The molecular formula is C21H23NO5S. The van der Waals surface area contributed by atoms with Gasteiger partial charge < -0.3 is 15.2 Å². The summed E-state index contributed by atoms with van der Waals surface area (Å²) in [6, 6.07) is 6.74. The van der Waals surface area contributed by atoms with Gasteiger partial charge in [0, 0.05) is 17.4 Å². The molecule has 1 amide bonds. The quantitative estimate of drug-likeness (QED) is 0.730. The first-order chi connectivity index (χ1) is 13.2. The lowest BCUT2D eigenvalue weighted by molar-refractivity contribution is -0.142. The molecule has 0 spiro atoms. The molecule has 0 radical (unpaired) electrons. The molecule has 0 atom stereocenters. The number of fused-ring (bicyclic) bond motifs is 1. The maximum Gasteiger partial charge on any atom is 0.339 e. The molecule has 1 aromatic heterocycles. The molecule has 148 valence electrons. The number of anilines is 1. The molecule has 0 fully saturated rings.